The van der Waals surface area contributed by atoms with Gasteiger partial charge in [-0.05, 0) is 102 Å². The van der Waals surface area contributed by atoms with Crippen LogP contribution in [-0.2, 0) is 42.9 Å². The number of nitrogens with zero attached hydrogens (tertiary/aromatic N) is 1. The number of Topliss-reactive ketones (excluding diaryl/α,β-unsaturated/α-hetero) is 2. The van der Waals surface area contributed by atoms with Crippen molar-refractivity contribution in [3.63, 3.8) is 0 Å². The fourth-order valence-corrected chi connectivity index (χ4v) is 9.89. The second-order valence-corrected chi connectivity index (χ2v) is 18.7. The standard InChI is InChI=1S/C45H73NO12/c1-12-31-19-26(2)24-43(6,7)25-38(56-11)39-37(55-10)21-28(4)45(53,57-39)40(50)41(51)46-18-14-13-15-32(46)42(52)58-44(8,29(5)34(48)23-35(31)49)27(3)20-30-16-17-33(47)36(22-30)54-9/h19-20,28-34,36-39,47-48,53H,12-18,21-25H2,1-11H3/b26-19+,27-20+/t28-,29-,30+,31-,32+,33-,34+,36-,37+,38+,39+,44?,45-/m1/s1. The second kappa shape index (κ2) is 19.9. The molecule has 1 amide bonds. The molecule has 4 rings (SSSR count). The molecular formula is C45H73NO12. The highest BCUT2D eigenvalue weighted by molar-refractivity contribution is 6.39. The Morgan fingerprint density at radius 1 is 0.931 bits per heavy atom. The number of hydrogen-bond acceptors (Lipinski definition) is 12. The van der Waals surface area contributed by atoms with Crippen LogP contribution in [0.5, 0.6) is 0 Å². The van der Waals surface area contributed by atoms with E-state index in [0.717, 1.165) is 5.57 Å². The molecule has 0 aromatic rings. The molecule has 4 aliphatic rings. The molecule has 3 aliphatic heterocycles. The molecule has 330 valence electrons. The van der Waals surface area contributed by atoms with E-state index in [1.807, 2.05) is 32.9 Å². The summed E-state index contributed by atoms with van der Waals surface area (Å²) in [6, 6.07) is -1.16. The zero-order chi connectivity index (χ0) is 43.3. The molecule has 13 nitrogen and oxygen atoms in total. The fraction of sp³-hybridized carbons (Fsp3) is 0.822. The number of hydrogen-bond donors (Lipinski definition) is 3. The number of aliphatic hydroxyl groups excluding tert-OH is 2. The molecule has 13 atom stereocenters. The molecule has 58 heavy (non-hydrogen) atoms. The number of carbonyl (C=O) groups excluding carboxylic acids is 4. The van der Waals surface area contributed by atoms with E-state index in [2.05, 4.69) is 13.8 Å². The third kappa shape index (κ3) is 10.7. The van der Waals surface area contributed by atoms with Crippen LogP contribution >= 0.6 is 0 Å². The van der Waals surface area contributed by atoms with E-state index in [-0.39, 0.29) is 43.6 Å². The van der Waals surface area contributed by atoms with Gasteiger partial charge in [-0.2, -0.15) is 0 Å². The zero-order valence-corrected chi connectivity index (χ0v) is 37.0. The van der Waals surface area contributed by atoms with Crippen molar-refractivity contribution >= 4 is 23.4 Å². The summed E-state index contributed by atoms with van der Waals surface area (Å²) in [6.45, 7) is 15.1. The van der Waals surface area contributed by atoms with Crippen molar-refractivity contribution in [3.8, 4) is 0 Å². The Hall–Kier alpha value is -2.52. The van der Waals surface area contributed by atoms with Gasteiger partial charge < -0.3 is 43.9 Å². The van der Waals surface area contributed by atoms with Crippen LogP contribution < -0.4 is 0 Å². The van der Waals surface area contributed by atoms with Crippen molar-refractivity contribution in [1.82, 2.24) is 4.90 Å². The van der Waals surface area contributed by atoms with Crippen LogP contribution in [0.3, 0.4) is 0 Å². The number of fused-ring (bicyclic) bond motifs is 3. The summed E-state index contributed by atoms with van der Waals surface area (Å²) in [5.74, 6) is -7.71. The van der Waals surface area contributed by atoms with Gasteiger partial charge in [0.15, 0.2) is 0 Å². The van der Waals surface area contributed by atoms with Gasteiger partial charge in [0.05, 0.1) is 30.5 Å². The van der Waals surface area contributed by atoms with Gasteiger partial charge in [0, 0.05) is 52.0 Å². The number of cyclic esters (lactones) is 1. The number of piperidine rings is 1. The zero-order valence-electron chi connectivity index (χ0n) is 37.0. The van der Waals surface area contributed by atoms with E-state index in [1.165, 1.54) is 19.1 Å². The Morgan fingerprint density at radius 3 is 2.21 bits per heavy atom. The summed E-state index contributed by atoms with van der Waals surface area (Å²) >= 11 is 0. The first-order chi connectivity index (χ1) is 27.2. The molecule has 0 aromatic carbocycles. The third-order valence-electron chi connectivity index (χ3n) is 13.9. The molecule has 1 unspecified atom stereocenters. The van der Waals surface area contributed by atoms with Gasteiger partial charge in [0.1, 0.15) is 23.5 Å². The molecular weight excluding hydrogens is 746 g/mol. The second-order valence-electron chi connectivity index (χ2n) is 18.7. The molecule has 1 aliphatic carbocycles. The largest absolute Gasteiger partial charge is 0.453 e. The quantitative estimate of drug-likeness (QED) is 0.180. The number of aliphatic hydroxyl groups is 3. The maximum atomic E-state index is 14.5. The van der Waals surface area contributed by atoms with Crippen LogP contribution in [0, 0.1) is 29.1 Å². The predicted molar refractivity (Wildman–Crippen MR) is 217 cm³/mol. The van der Waals surface area contributed by atoms with Gasteiger partial charge in [0.2, 0.25) is 5.79 Å². The number of ether oxygens (including phenoxy) is 5. The molecule has 3 N–H and O–H groups in total. The molecule has 0 aromatic heterocycles. The molecule has 0 radical (unpaired) electrons. The van der Waals surface area contributed by atoms with Crippen molar-refractivity contribution in [2.45, 2.75) is 180 Å². The number of allylic oxidation sites excluding steroid dienone is 3. The number of ketones is 2. The Morgan fingerprint density at radius 2 is 1.59 bits per heavy atom. The topological polar surface area (TPSA) is 178 Å². The van der Waals surface area contributed by atoms with Gasteiger partial charge >= 0.3 is 5.97 Å². The van der Waals surface area contributed by atoms with E-state index >= 15 is 0 Å². The minimum Gasteiger partial charge on any atom is -0.453 e. The van der Waals surface area contributed by atoms with E-state index in [0.29, 0.717) is 56.9 Å². The van der Waals surface area contributed by atoms with Crippen molar-refractivity contribution in [3.05, 3.63) is 23.3 Å². The highest BCUT2D eigenvalue weighted by Gasteiger charge is 2.57. The molecule has 2 saturated heterocycles. The van der Waals surface area contributed by atoms with Gasteiger partial charge in [-0.25, -0.2) is 4.79 Å². The monoisotopic (exact) mass is 820 g/mol. The van der Waals surface area contributed by atoms with Crippen LogP contribution in [-0.4, -0.2) is 126 Å². The third-order valence-corrected chi connectivity index (χ3v) is 13.9. The molecule has 13 heteroatoms. The summed E-state index contributed by atoms with van der Waals surface area (Å²) in [5.41, 5.74) is -0.219. The van der Waals surface area contributed by atoms with Crippen molar-refractivity contribution in [1.29, 1.82) is 0 Å². The first-order valence-corrected chi connectivity index (χ1v) is 21.5. The lowest BCUT2D eigenvalue weighted by atomic mass is 9.75. The summed E-state index contributed by atoms with van der Waals surface area (Å²) in [5, 5.41) is 34.4. The van der Waals surface area contributed by atoms with Crippen molar-refractivity contribution in [2.75, 3.05) is 27.9 Å². The molecule has 0 spiro atoms. The minimum atomic E-state index is -2.52. The van der Waals surface area contributed by atoms with Crippen molar-refractivity contribution in [2.24, 2.45) is 29.1 Å². The lowest BCUT2D eigenvalue weighted by molar-refractivity contribution is -0.303. The van der Waals surface area contributed by atoms with Crippen LogP contribution in [0.1, 0.15) is 126 Å². The maximum Gasteiger partial charge on any atom is 0.329 e. The van der Waals surface area contributed by atoms with E-state index in [1.54, 1.807) is 27.9 Å². The number of esters is 1. The summed E-state index contributed by atoms with van der Waals surface area (Å²) in [4.78, 5) is 58.3. The summed E-state index contributed by atoms with van der Waals surface area (Å²) in [6.07, 6.45) is 4.37. The van der Waals surface area contributed by atoms with E-state index < -0.39 is 88.8 Å². The smallest absolute Gasteiger partial charge is 0.329 e. The fourth-order valence-electron chi connectivity index (χ4n) is 9.89. The average molecular weight is 820 g/mol. The summed E-state index contributed by atoms with van der Waals surface area (Å²) in [7, 11) is 4.63. The minimum absolute atomic E-state index is 0.0235. The number of methoxy groups -OCH3 is 3. The Balaban J connectivity index is 1.82. The van der Waals surface area contributed by atoms with Crippen molar-refractivity contribution < 1.29 is 58.2 Å². The summed E-state index contributed by atoms with van der Waals surface area (Å²) < 4.78 is 30.1. The number of rotatable bonds is 6. The Bertz CT molecular complexity index is 1530. The maximum absolute atomic E-state index is 14.5. The van der Waals surface area contributed by atoms with E-state index in [9.17, 15) is 34.5 Å². The van der Waals surface area contributed by atoms with Crippen LogP contribution in [0.25, 0.3) is 0 Å². The first-order valence-electron chi connectivity index (χ1n) is 21.5. The predicted octanol–water partition coefficient (Wildman–Crippen LogP) is 5.25. The number of amides is 1. The number of carbonyl (C=O) groups is 4. The SMILES string of the molecule is CC[C@@H]1/C=C(\C)CC(C)(C)C[C@H](OC)[C@H]2O[C@@](O)(C(=O)C(=O)N3CCCC[C@H]3C(=O)OC(C)(/C(C)=C/[C@@H]3CC[C@@H](O)[C@H](OC)C3)[C@H](C)[C@@H](O)CC1=O)[C@H](C)C[C@@H]2OC. The molecule has 3 heterocycles. The van der Waals surface area contributed by atoms with Crippen LogP contribution in [0.2, 0.25) is 0 Å². The van der Waals surface area contributed by atoms with Crippen LogP contribution in [0.15, 0.2) is 23.3 Å². The highest BCUT2D eigenvalue weighted by Crippen LogP contribution is 2.42. The molecule has 2 bridgehead atoms. The van der Waals surface area contributed by atoms with Gasteiger partial charge in [-0.15, -0.1) is 0 Å². The molecule has 1 saturated carbocycles. The van der Waals surface area contributed by atoms with Gasteiger partial charge in [-0.3, -0.25) is 14.4 Å². The molecule has 3 fully saturated rings. The van der Waals surface area contributed by atoms with Crippen LogP contribution in [0.4, 0.5) is 0 Å². The highest BCUT2D eigenvalue weighted by atomic mass is 16.7. The lowest BCUT2D eigenvalue weighted by Gasteiger charge is -2.47. The average Bonchev–Trinajstić information content (AvgIpc) is 3.18. The van der Waals surface area contributed by atoms with Gasteiger partial charge in [0.25, 0.3) is 11.7 Å². The van der Waals surface area contributed by atoms with Gasteiger partial charge in [-0.1, -0.05) is 52.3 Å². The lowest BCUT2D eigenvalue weighted by Crippen LogP contribution is -2.64. The normalized spacial score (nSPS) is 41.5. The Kier molecular flexibility index (Phi) is 16.5. The Labute approximate surface area is 346 Å². The van der Waals surface area contributed by atoms with E-state index in [4.69, 9.17) is 23.7 Å². The first kappa shape index (κ1) is 48.1.